The molecule has 1 heterocycles. The minimum Gasteiger partial charge on any atom is -0.508 e. The van der Waals surface area contributed by atoms with Crippen LogP contribution in [0.3, 0.4) is 0 Å². The third-order valence-corrected chi connectivity index (χ3v) is 2.34. The van der Waals surface area contributed by atoms with Crippen molar-refractivity contribution in [2.24, 2.45) is 0 Å². The van der Waals surface area contributed by atoms with Crippen LogP contribution in [0.2, 0.25) is 0 Å². The molecule has 0 bridgehead atoms. The zero-order valence-electron chi connectivity index (χ0n) is 9.75. The van der Waals surface area contributed by atoms with Gasteiger partial charge in [-0.15, -0.1) is 0 Å². The summed E-state index contributed by atoms with van der Waals surface area (Å²) in [6.07, 6.45) is -0.186. The first-order valence-electron chi connectivity index (χ1n) is 5.45. The minimum absolute atomic E-state index is 0.186. The summed E-state index contributed by atoms with van der Waals surface area (Å²) in [6.45, 7) is 4.39. The van der Waals surface area contributed by atoms with Crippen LogP contribution in [0.25, 0.3) is 11.5 Å². The largest absolute Gasteiger partial charge is 0.508 e. The highest BCUT2D eigenvalue weighted by atomic mass is 16.5. The number of aromatic nitrogens is 2. The number of rotatable bonds is 4. The number of phenols is 1. The van der Waals surface area contributed by atoms with Gasteiger partial charge in [0.05, 0.1) is 0 Å². The lowest BCUT2D eigenvalue weighted by Crippen LogP contribution is -2.01. The van der Waals surface area contributed by atoms with Crippen molar-refractivity contribution in [3.63, 3.8) is 0 Å². The Kier molecular flexibility index (Phi) is 3.39. The molecule has 0 radical (unpaired) electrons. The number of nitrogens with zero attached hydrogens (tertiary/aromatic N) is 2. The van der Waals surface area contributed by atoms with Crippen LogP contribution >= 0.6 is 0 Å². The number of ether oxygens (including phenoxy) is 1. The number of benzene rings is 1. The van der Waals surface area contributed by atoms with Crippen LogP contribution in [0.5, 0.6) is 5.75 Å². The van der Waals surface area contributed by atoms with Crippen molar-refractivity contribution >= 4 is 0 Å². The molecule has 0 saturated carbocycles. The predicted octanol–water partition coefficient (Wildman–Crippen LogP) is 2.54. The van der Waals surface area contributed by atoms with E-state index in [0.29, 0.717) is 18.3 Å². The quantitative estimate of drug-likeness (QED) is 0.880. The Labute approximate surface area is 99.0 Å². The predicted molar refractivity (Wildman–Crippen MR) is 61.4 cm³/mol. The van der Waals surface area contributed by atoms with E-state index < -0.39 is 0 Å². The summed E-state index contributed by atoms with van der Waals surface area (Å²) in [6, 6.07) is 6.59. The molecule has 90 valence electrons. The lowest BCUT2D eigenvalue weighted by molar-refractivity contribution is 0.0683. The van der Waals surface area contributed by atoms with Crippen LogP contribution in [0.4, 0.5) is 0 Å². The van der Waals surface area contributed by atoms with E-state index in [0.717, 1.165) is 5.56 Å². The molecule has 2 rings (SSSR count). The van der Waals surface area contributed by atoms with E-state index in [1.807, 2.05) is 13.8 Å². The molecule has 1 atom stereocenters. The lowest BCUT2D eigenvalue weighted by Gasteiger charge is -2.04. The van der Waals surface area contributed by atoms with Crippen LogP contribution in [0.1, 0.15) is 25.8 Å². The molecule has 2 aromatic rings. The van der Waals surface area contributed by atoms with Gasteiger partial charge in [-0.3, -0.25) is 0 Å². The standard InChI is InChI=1S/C12H14N2O3/c1-3-16-8(2)11-13-12(17-14-11)9-4-6-10(15)7-5-9/h4-8,15H,3H2,1-2H3. The summed E-state index contributed by atoms with van der Waals surface area (Å²) in [5.41, 5.74) is 0.769. The van der Waals surface area contributed by atoms with Crippen molar-refractivity contribution in [1.82, 2.24) is 10.1 Å². The summed E-state index contributed by atoms with van der Waals surface area (Å²) in [4.78, 5) is 4.24. The Hall–Kier alpha value is -1.88. The molecule has 5 heteroatoms. The van der Waals surface area contributed by atoms with E-state index in [1.54, 1.807) is 24.3 Å². The van der Waals surface area contributed by atoms with Crippen LogP contribution in [0.15, 0.2) is 28.8 Å². The maximum Gasteiger partial charge on any atom is 0.258 e. The number of aromatic hydroxyl groups is 1. The maximum atomic E-state index is 9.18. The molecule has 1 aromatic carbocycles. The summed E-state index contributed by atoms with van der Waals surface area (Å²) in [5, 5.41) is 13.0. The second-order valence-electron chi connectivity index (χ2n) is 3.60. The highest BCUT2D eigenvalue weighted by Gasteiger charge is 2.14. The van der Waals surface area contributed by atoms with Gasteiger partial charge in [0.25, 0.3) is 5.89 Å². The molecular formula is C12H14N2O3. The molecule has 0 aliphatic rings. The molecule has 0 aliphatic carbocycles. The molecule has 5 nitrogen and oxygen atoms in total. The molecule has 0 fully saturated rings. The van der Waals surface area contributed by atoms with Crippen molar-refractivity contribution in [2.45, 2.75) is 20.0 Å². The third kappa shape index (κ3) is 2.62. The van der Waals surface area contributed by atoms with E-state index in [2.05, 4.69) is 10.1 Å². The SMILES string of the molecule is CCOC(C)c1noc(-c2ccc(O)cc2)n1. The Morgan fingerprint density at radius 3 is 2.71 bits per heavy atom. The fraction of sp³-hybridized carbons (Fsp3) is 0.333. The van der Waals surface area contributed by atoms with E-state index in [1.165, 1.54) is 0 Å². The molecule has 1 N–H and O–H groups in total. The molecule has 0 aliphatic heterocycles. The summed E-state index contributed by atoms with van der Waals surface area (Å²) < 4.78 is 10.5. The van der Waals surface area contributed by atoms with Crippen LogP contribution < -0.4 is 0 Å². The van der Waals surface area contributed by atoms with Gasteiger partial charge in [-0.2, -0.15) is 4.98 Å². The summed E-state index contributed by atoms with van der Waals surface area (Å²) in [5.74, 6) is 1.15. The van der Waals surface area contributed by atoms with Gasteiger partial charge in [0.2, 0.25) is 5.82 Å². The number of hydrogen-bond acceptors (Lipinski definition) is 5. The Balaban J connectivity index is 2.20. The van der Waals surface area contributed by atoms with Crippen LogP contribution in [-0.4, -0.2) is 21.9 Å². The van der Waals surface area contributed by atoms with E-state index in [-0.39, 0.29) is 11.9 Å². The van der Waals surface area contributed by atoms with Gasteiger partial charge in [0.1, 0.15) is 11.9 Å². The zero-order chi connectivity index (χ0) is 12.3. The smallest absolute Gasteiger partial charge is 0.258 e. The highest BCUT2D eigenvalue weighted by Crippen LogP contribution is 2.22. The lowest BCUT2D eigenvalue weighted by atomic mass is 10.2. The van der Waals surface area contributed by atoms with Crippen molar-refractivity contribution in [3.05, 3.63) is 30.1 Å². The fourth-order valence-electron chi connectivity index (χ4n) is 1.45. The van der Waals surface area contributed by atoms with Crippen LogP contribution in [-0.2, 0) is 4.74 Å². The highest BCUT2D eigenvalue weighted by molar-refractivity contribution is 5.53. The average Bonchev–Trinajstić information content (AvgIpc) is 2.80. The molecular weight excluding hydrogens is 220 g/mol. The minimum atomic E-state index is -0.186. The first-order valence-corrected chi connectivity index (χ1v) is 5.45. The van der Waals surface area contributed by atoms with Crippen molar-refractivity contribution in [2.75, 3.05) is 6.61 Å². The zero-order valence-corrected chi connectivity index (χ0v) is 9.75. The summed E-state index contributed by atoms with van der Waals surface area (Å²) in [7, 11) is 0. The molecule has 1 aromatic heterocycles. The fourth-order valence-corrected chi connectivity index (χ4v) is 1.45. The van der Waals surface area contributed by atoms with Gasteiger partial charge in [-0.05, 0) is 38.1 Å². The van der Waals surface area contributed by atoms with Gasteiger partial charge >= 0.3 is 0 Å². The van der Waals surface area contributed by atoms with Crippen molar-refractivity contribution in [1.29, 1.82) is 0 Å². The van der Waals surface area contributed by atoms with E-state index in [9.17, 15) is 5.11 Å². The molecule has 0 saturated heterocycles. The monoisotopic (exact) mass is 234 g/mol. The van der Waals surface area contributed by atoms with Gasteiger partial charge < -0.3 is 14.4 Å². The first-order chi connectivity index (χ1) is 8.20. The van der Waals surface area contributed by atoms with Crippen molar-refractivity contribution < 1.29 is 14.4 Å². The van der Waals surface area contributed by atoms with Gasteiger partial charge in [-0.1, -0.05) is 5.16 Å². The third-order valence-electron chi connectivity index (χ3n) is 2.34. The topological polar surface area (TPSA) is 68.4 Å². The van der Waals surface area contributed by atoms with Crippen LogP contribution in [0, 0.1) is 0 Å². The number of phenolic OH excluding ortho intramolecular Hbond substituents is 1. The van der Waals surface area contributed by atoms with Gasteiger partial charge in [-0.25, -0.2) is 0 Å². The molecule has 0 amide bonds. The molecule has 1 unspecified atom stereocenters. The van der Waals surface area contributed by atoms with Gasteiger partial charge in [0, 0.05) is 12.2 Å². The second-order valence-corrected chi connectivity index (χ2v) is 3.60. The normalized spacial score (nSPS) is 12.6. The molecule has 17 heavy (non-hydrogen) atoms. The van der Waals surface area contributed by atoms with E-state index >= 15 is 0 Å². The first kappa shape index (κ1) is 11.6. The Morgan fingerprint density at radius 2 is 2.06 bits per heavy atom. The maximum absolute atomic E-state index is 9.18. The second kappa shape index (κ2) is 4.97. The molecule has 0 spiro atoms. The van der Waals surface area contributed by atoms with E-state index in [4.69, 9.17) is 9.26 Å². The van der Waals surface area contributed by atoms with Gasteiger partial charge in [0.15, 0.2) is 0 Å². The average molecular weight is 234 g/mol. The Morgan fingerprint density at radius 1 is 1.35 bits per heavy atom. The Bertz CT molecular complexity index is 479. The number of hydrogen-bond donors (Lipinski definition) is 1. The van der Waals surface area contributed by atoms with Crippen molar-refractivity contribution in [3.8, 4) is 17.2 Å². The summed E-state index contributed by atoms with van der Waals surface area (Å²) >= 11 is 0.